The van der Waals surface area contributed by atoms with E-state index < -0.39 is 0 Å². The van der Waals surface area contributed by atoms with Crippen molar-refractivity contribution >= 4 is 11.9 Å². The third kappa shape index (κ3) is 4.04. The quantitative estimate of drug-likeness (QED) is 0.403. The highest BCUT2D eigenvalue weighted by molar-refractivity contribution is 5.89. The number of nitrogens with zero attached hydrogens (tertiary/aromatic N) is 1. The van der Waals surface area contributed by atoms with Crippen LogP contribution in [0.5, 0.6) is 11.5 Å². The van der Waals surface area contributed by atoms with E-state index in [9.17, 15) is 5.11 Å². The minimum atomic E-state index is 0.249. The molecule has 3 heteroatoms. The van der Waals surface area contributed by atoms with Gasteiger partial charge in [0, 0.05) is 22.9 Å². The highest BCUT2D eigenvalue weighted by Gasteiger charge is 2.13. The molecule has 0 radical (unpaired) electrons. The summed E-state index contributed by atoms with van der Waals surface area (Å²) in [5.41, 5.74) is 5.03. The molecule has 0 aliphatic carbocycles. The number of methoxy groups -OCH3 is 1. The molecule has 0 aromatic heterocycles. The van der Waals surface area contributed by atoms with Gasteiger partial charge in [-0.15, -0.1) is 0 Å². The molecule has 1 N–H and O–H groups in total. The van der Waals surface area contributed by atoms with Gasteiger partial charge in [0.25, 0.3) is 0 Å². The van der Waals surface area contributed by atoms with Crippen LogP contribution in [0.4, 0.5) is 5.69 Å². The minimum Gasteiger partial charge on any atom is -0.507 e. The molecule has 0 atom stereocenters. The number of rotatable bonds is 5. The monoisotopic (exact) mass is 379 g/mol. The van der Waals surface area contributed by atoms with Crippen LogP contribution in [-0.4, -0.2) is 18.4 Å². The molecule has 0 amide bonds. The third-order valence-corrected chi connectivity index (χ3v) is 4.76. The van der Waals surface area contributed by atoms with Crippen LogP contribution in [0.25, 0.3) is 22.3 Å². The Morgan fingerprint density at radius 2 is 1.24 bits per heavy atom. The predicted octanol–water partition coefficient (Wildman–Crippen LogP) is 6.49. The Hall–Kier alpha value is -3.85. The van der Waals surface area contributed by atoms with Crippen molar-refractivity contribution in [1.82, 2.24) is 0 Å². The number of benzene rings is 4. The molecular weight excluding hydrogens is 358 g/mol. The molecule has 4 rings (SSSR count). The SMILES string of the molecule is COc1ccccc1C=Nc1cc(-c2ccccc2)c(O)c(-c2ccccc2)c1. The average molecular weight is 379 g/mol. The number of phenolic OH excluding ortho intramolecular Hbond substituents is 1. The van der Waals surface area contributed by atoms with E-state index in [4.69, 9.17) is 4.74 Å². The standard InChI is InChI=1S/C26H21NO2/c1-29-25-15-9-8-14-21(25)18-27-22-16-23(19-10-4-2-5-11-19)26(28)24(17-22)20-12-6-3-7-13-20/h2-18,28H,1H3. The second kappa shape index (κ2) is 8.44. The van der Waals surface area contributed by atoms with Crippen LogP contribution in [0.1, 0.15) is 5.56 Å². The molecule has 0 fully saturated rings. The van der Waals surface area contributed by atoms with Crippen molar-refractivity contribution in [3.63, 3.8) is 0 Å². The molecule has 29 heavy (non-hydrogen) atoms. The summed E-state index contributed by atoms with van der Waals surface area (Å²) in [6.45, 7) is 0. The highest BCUT2D eigenvalue weighted by atomic mass is 16.5. The summed E-state index contributed by atoms with van der Waals surface area (Å²) in [5, 5.41) is 11.0. The molecule has 0 saturated carbocycles. The number of hydrogen-bond donors (Lipinski definition) is 1. The van der Waals surface area contributed by atoms with Gasteiger partial charge in [-0.3, -0.25) is 4.99 Å². The van der Waals surface area contributed by atoms with Crippen molar-refractivity contribution in [1.29, 1.82) is 0 Å². The number of ether oxygens (including phenoxy) is 1. The van der Waals surface area contributed by atoms with E-state index in [0.29, 0.717) is 0 Å². The summed E-state index contributed by atoms with van der Waals surface area (Å²) in [4.78, 5) is 4.68. The van der Waals surface area contributed by atoms with Gasteiger partial charge in [0.15, 0.2) is 0 Å². The number of hydrogen-bond acceptors (Lipinski definition) is 3. The van der Waals surface area contributed by atoms with Gasteiger partial charge in [0.1, 0.15) is 11.5 Å². The van der Waals surface area contributed by atoms with E-state index >= 15 is 0 Å². The number of aromatic hydroxyl groups is 1. The van der Waals surface area contributed by atoms with E-state index in [0.717, 1.165) is 39.3 Å². The normalized spacial score (nSPS) is 10.9. The zero-order valence-electron chi connectivity index (χ0n) is 16.1. The predicted molar refractivity (Wildman–Crippen MR) is 119 cm³/mol. The van der Waals surface area contributed by atoms with Crippen LogP contribution in [0, 0.1) is 0 Å². The van der Waals surface area contributed by atoms with Crippen molar-refractivity contribution < 1.29 is 9.84 Å². The van der Waals surface area contributed by atoms with Crippen molar-refractivity contribution in [2.24, 2.45) is 4.99 Å². The third-order valence-electron chi connectivity index (χ3n) is 4.76. The Kier molecular flexibility index (Phi) is 5.39. The summed E-state index contributed by atoms with van der Waals surface area (Å²) in [6.07, 6.45) is 1.79. The first-order chi connectivity index (χ1) is 14.3. The molecule has 142 valence electrons. The first-order valence-corrected chi connectivity index (χ1v) is 9.41. The summed E-state index contributed by atoms with van der Waals surface area (Å²) in [5.74, 6) is 1.01. The number of aliphatic imine (C=N–C) groups is 1. The Bertz CT molecular complexity index is 1080. The van der Waals surface area contributed by atoms with Gasteiger partial charge < -0.3 is 9.84 Å². The highest BCUT2D eigenvalue weighted by Crippen LogP contribution is 2.41. The minimum absolute atomic E-state index is 0.249. The van der Waals surface area contributed by atoms with Crippen molar-refractivity contribution in [2.45, 2.75) is 0 Å². The maximum Gasteiger partial charge on any atom is 0.131 e. The summed E-state index contributed by atoms with van der Waals surface area (Å²) in [7, 11) is 1.65. The Balaban J connectivity index is 1.85. The maximum absolute atomic E-state index is 11.0. The first-order valence-electron chi connectivity index (χ1n) is 9.41. The van der Waals surface area contributed by atoms with E-state index in [1.54, 1.807) is 13.3 Å². The van der Waals surface area contributed by atoms with E-state index in [2.05, 4.69) is 4.99 Å². The molecule has 0 unspecified atom stereocenters. The largest absolute Gasteiger partial charge is 0.507 e. The van der Waals surface area contributed by atoms with Gasteiger partial charge in [0.2, 0.25) is 0 Å². The molecular formula is C26H21NO2. The van der Waals surface area contributed by atoms with Gasteiger partial charge >= 0.3 is 0 Å². The fourth-order valence-electron chi connectivity index (χ4n) is 3.29. The zero-order chi connectivity index (χ0) is 20.1. The second-order valence-electron chi connectivity index (χ2n) is 6.62. The van der Waals surface area contributed by atoms with Crippen LogP contribution in [-0.2, 0) is 0 Å². The molecule has 0 bridgehead atoms. The van der Waals surface area contributed by atoms with Gasteiger partial charge in [-0.2, -0.15) is 0 Å². The second-order valence-corrected chi connectivity index (χ2v) is 6.62. The maximum atomic E-state index is 11.0. The fraction of sp³-hybridized carbons (Fsp3) is 0.0385. The average Bonchev–Trinajstić information content (AvgIpc) is 2.79. The summed E-state index contributed by atoms with van der Waals surface area (Å²) >= 11 is 0. The van der Waals surface area contributed by atoms with Crippen LogP contribution >= 0.6 is 0 Å². The first kappa shape index (κ1) is 18.5. The van der Waals surface area contributed by atoms with Crippen molar-refractivity contribution in [3.05, 3.63) is 103 Å². The van der Waals surface area contributed by atoms with Crippen molar-refractivity contribution in [3.8, 4) is 33.8 Å². The molecule has 0 heterocycles. The Labute approximate surface area is 170 Å². The van der Waals surface area contributed by atoms with Crippen LogP contribution in [0.3, 0.4) is 0 Å². The van der Waals surface area contributed by atoms with Crippen molar-refractivity contribution in [2.75, 3.05) is 7.11 Å². The topological polar surface area (TPSA) is 41.8 Å². The van der Waals surface area contributed by atoms with Gasteiger partial charge in [-0.25, -0.2) is 0 Å². The van der Waals surface area contributed by atoms with E-state index in [1.165, 1.54) is 0 Å². The lowest BCUT2D eigenvalue weighted by atomic mass is 9.96. The smallest absolute Gasteiger partial charge is 0.131 e. The van der Waals surface area contributed by atoms with E-state index in [1.807, 2.05) is 97.1 Å². The summed E-state index contributed by atoms with van der Waals surface area (Å²) < 4.78 is 5.41. The van der Waals surface area contributed by atoms with E-state index in [-0.39, 0.29) is 5.75 Å². The molecule has 0 saturated heterocycles. The molecule has 0 spiro atoms. The molecule has 0 aliphatic rings. The number of para-hydroxylation sites is 1. The van der Waals surface area contributed by atoms with Gasteiger partial charge in [-0.05, 0) is 35.4 Å². The lowest BCUT2D eigenvalue weighted by Gasteiger charge is -2.12. The van der Waals surface area contributed by atoms with Gasteiger partial charge in [-0.1, -0.05) is 72.8 Å². The molecule has 4 aromatic carbocycles. The Morgan fingerprint density at radius 1 is 0.724 bits per heavy atom. The summed E-state index contributed by atoms with van der Waals surface area (Å²) in [6, 6.07) is 31.2. The lowest BCUT2D eigenvalue weighted by molar-refractivity contribution is 0.414. The van der Waals surface area contributed by atoms with Gasteiger partial charge in [0.05, 0.1) is 12.8 Å². The van der Waals surface area contributed by atoms with Crippen LogP contribution in [0.2, 0.25) is 0 Å². The fourth-order valence-corrected chi connectivity index (χ4v) is 3.29. The molecule has 3 nitrogen and oxygen atoms in total. The van der Waals surface area contributed by atoms with Crippen LogP contribution in [0.15, 0.2) is 102 Å². The zero-order valence-corrected chi connectivity index (χ0v) is 16.1. The van der Waals surface area contributed by atoms with Crippen LogP contribution < -0.4 is 4.74 Å². The molecule has 0 aliphatic heterocycles. The Morgan fingerprint density at radius 3 is 1.79 bits per heavy atom. The molecule has 4 aromatic rings. The lowest BCUT2D eigenvalue weighted by Crippen LogP contribution is -1.90. The number of phenols is 1.